The van der Waals surface area contributed by atoms with Crippen LogP contribution in [0, 0.1) is 0 Å². The van der Waals surface area contributed by atoms with E-state index in [0.29, 0.717) is 5.88 Å². The molecule has 10 heteroatoms. The highest BCUT2D eigenvalue weighted by Crippen LogP contribution is 2.22. The second-order valence-corrected chi connectivity index (χ2v) is 5.84. The van der Waals surface area contributed by atoms with Crippen LogP contribution < -0.4 is 25.2 Å². The highest BCUT2D eigenvalue weighted by Gasteiger charge is 2.22. The summed E-state index contributed by atoms with van der Waals surface area (Å²) in [6.07, 6.45) is 5.66. The Labute approximate surface area is 144 Å². The van der Waals surface area contributed by atoms with Gasteiger partial charge in [0, 0.05) is 0 Å². The van der Waals surface area contributed by atoms with E-state index in [1.807, 2.05) is 0 Å². The largest absolute Gasteiger partial charge is 0.543 e. The average Bonchev–Trinajstić information content (AvgIpc) is 3.00. The van der Waals surface area contributed by atoms with Crippen molar-refractivity contribution in [2.24, 2.45) is 0 Å². The first kappa shape index (κ1) is 20.0. The summed E-state index contributed by atoms with van der Waals surface area (Å²) in [7, 11) is 2.19. The first-order chi connectivity index (χ1) is 11.5. The van der Waals surface area contributed by atoms with Gasteiger partial charge in [0.15, 0.2) is 5.69 Å². The zero-order valence-electron chi connectivity index (χ0n) is 13.7. The van der Waals surface area contributed by atoms with Gasteiger partial charge in [0.2, 0.25) is 6.67 Å². The van der Waals surface area contributed by atoms with Gasteiger partial charge in [-0.05, 0) is 6.42 Å². The molecule has 134 valence electrons. The Morgan fingerprint density at radius 3 is 2.62 bits per heavy atom. The van der Waals surface area contributed by atoms with Crippen LogP contribution in [-0.4, -0.2) is 47.6 Å². The number of quaternary nitrogens is 2. The van der Waals surface area contributed by atoms with Crippen LogP contribution in [0.1, 0.15) is 31.9 Å². The van der Waals surface area contributed by atoms with Gasteiger partial charge in [-0.1, -0.05) is 19.8 Å². The molecule has 0 amide bonds. The van der Waals surface area contributed by atoms with Crippen LogP contribution in [0.2, 0.25) is 0 Å². The molecular weight excluding hydrogens is 336 g/mol. The van der Waals surface area contributed by atoms with E-state index in [1.165, 1.54) is 35.0 Å². The number of aliphatic carboxylic acids is 2. The van der Waals surface area contributed by atoms with Crippen molar-refractivity contribution in [1.82, 2.24) is 8.75 Å². The van der Waals surface area contributed by atoms with Crippen LogP contribution in [0.5, 0.6) is 5.88 Å². The van der Waals surface area contributed by atoms with Crippen molar-refractivity contribution >= 4 is 29.2 Å². The fourth-order valence-corrected chi connectivity index (χ4v) is 2.54. The van der Waals surface area contributed by atoms with Crippen LogP contribution in [0.25, 0.3) is 5.57 Å². The third kappa shape index (κ3) is 7.02. The predicted octanol–water partition coefficient (Wildman–Crippen LogP) is -4.02. The normalized spacial score (nSPS) is 16.6. The number of carbonyl (C=O) groups excluding carboxylic acids is 2. The van der Waals surface area contributed by atoms with Gasteiger partial charge in [0.05, 0.1) is 42.9 Å². The number of nitrogens with zero attached hydrogens (tertiary/aromatic N) is 2. The monoisotopic (exact) mass is 358 g/mol. The molecule has 1 atom stereocenters. The summed E-state index contributed by atoms with van der Waals surface area (Å²) in [6, 6.07) is 0. The summed E-state index contributed by atoms with van der Waals surface area (Å²) in [5.74, 6) is -3.66. The van der Waals surface area contributed by atoms with Gasteiger partial charge in [-0.15, -0.1) is 4.37 Å². The number of rotatable bonds is 6. The zero-order valence-corrected chi connectivity index (χ0v) is 14.6. The Morgan fingerprint density at radius 2 is 2.04 bits per heavy atom. The molecule has 2 heterocycles. The number of carbonyl (C=O) groups is 2. The van der Waals surface area contributed by atoms with E-state index in [4.69, 9.17) is 24.5 Å². The molecule has 0 spiro atoms. The van der Waals surface area contributed by atoms with E-state index in [1.54, 1.807) is 0 Å². The van der Waals surface area contributed by atoms with Gasteiger partial charge < -0.3 is 24.5 Å². The second-order valence-electron chi connectivity index (χ2n) is 5.31. The van der Waals surface area contributed by atoms with Crippen LogP contribution in [0.4, 0.5) is 0 Å². The maximum atomic E-state index is 8.93. The van der Waals surface area contributed by atoms with Crippen molar-refractivity contribution in [1.29, 1.82) is 0 Å². The number of aromatic nitrogens is 2. The minimum Gasteiger partial charge on any atom is -0.543 e. The lowest BCUT2D eigenvalue weighted by atomic mass is 10.2. The summed E-state index contributed by atoms with van der Waals surface area (Å²) in [5.41, 5.74) is 2.17. The van der Waals surface area contributed by atoms with Crippen molar-refractivity contribution in [3.63, 3.8) is 0 Å². The van der Waals surface area contributed by atoms with Gasteiger partial charge in [-0.2, -0.15) is 4.37 Å². The molecule has 1 aromatic rings. The molecule has 0 aliphatic carbocycles. The van der Waals surface area contributed by atoms with Gasteiger partial charge in [0.25, 0.3) is 5.88 Å². The quantitative estimate of drug-likeness (QED) is 0.390. The first-order valence-electron chi connectivity index (χ1n) is 7.67. The number of likely N-dealkylation sites (N-methyl/N-ethyl adjacent to an activating group) is 1. The van der Waals surface area contributed by atoms with E-state index in [0.717, 1.165) is 31.9 Å². The molecule has 0 radical (unpaired) electrons. The zero-order chi connectivity index (χ0) is 17.9. The Kier molecular flexibility index (Phi) is 8.90. The summed E-state index contributed by atoms with van der Waals surface area (Å²) < 4.78 is 14.4. The Bertz CT molecular complexity index is 563. The molecule has 0 saturated heterocycles. The standard InChI is InChI=1S/C12H20N4OS.C2H2O4/c1-3-4-5-6-17-12-11(14-18-15-12)10-7-13-9-16(2)8-10;3-1(4)2(5)6/h7,13H,3-6,8-9H2,1-2H3;(H,3,4)(H,5,6). The molecule has 1 aliphatic rings. The van der Waals surface area contributed by atoms with Gasteiger partial charge in [-0.25, -0.2) is 0 Å². The summed E-state index contributed by atoms with van der Waals surface area (Å²) in [6.45, 7) is 5.00. The molecule has 0 saturated carbocycles. The molecule has 9 nitrogen and oxygen atoms in total. The number of nitrogens with two attached hydrogens (primary N) is 1. The highest BCUT2D eigenvalue weighted by molar-refractivity contribution is 6.99. The smallest absolute Gasteiger partial charge is 0.254 e. The molecule has 1 unspecified atom stereocenters. The van der Waals surface area contributed by atoms with Crippen LogP contribution in [0.15, 0.2) is 6.20 Å². The van der Waals surface area contributed by atoms with Crippen LogP contribution in [0.3, 0.4) is 0 Å². The van der Waals surface area contributed by atoms with Gasteiger partial charge in [0.1, 0.15) is 12.7 Å². The highest BCUT2D eigenvalue weighted by atomic mass is 32.1. The molecule has 1 aliphatic heterocycles. The maximum absolute atomic E-state index is 8.93. The third-order valence-corrected chi connectivity index (χ3v) is 3.71. The molecule has 2 rings (SSSR count). The lowest BCUT2D eigenvalue weighted by Gasteiger charge is -2.17. The fourth-order valence-electron chi connectivity index (χ4n) is 2.01. The van der Waals surface area contributed by atoms with Gasteiger partial charge in [-0.3, -0.25) is 10.2 Å². The molecule has 24 heavy (non-hydrogen) atoms. The summed E-state index contributed by atoms with van der Waals surface area (Å²) in [4.78, 5) is 19.3. The topological polar surface area (TPSA) is 136 Å². The van der Waals surface area contributed by atoms with Crippen LogP contribution in [-0.2, 0) is 9.59 Å². The lowest BCUT2D eigenvalue weighted by Crippen LogP contribution is -3.20. The second kappa shape index (κ2) is 10.7. The SMILES string of the molecule is CCCCCOc1nsnc1C1=C[NH2+]C[NH+](C)C1.O=C([O-])C(=O)[O-]. The fraction of sp³-hybridized carbons (Fsp3) is 0.571. The van der Waals surface area contributed by atoms with Crippen molar-refractivity contribution in [2.75, 3.05) is 26.9 Å². The van der Waals surface area contributed by atoms with Gasteiger partial charge >= 0.3 is 0 Å². The number of carboxylic acid groups (broad SMARTS) is 2. The third-order valence-electron chi connectivity index (χ3n) is 3.19. The van der Waals surface area contributed by atoms with E-state index in [2.05, 4.69) is 34.2 Å². The lowest BCUT2D eigenvalue weighted by molar-refractivity contribution is -0.978. The van der Waals surface area contributed by atoms with E-state index >= 15 is 0 Å². The number of hydrogen-bond donors (Lipinski definition) is 2. The Morgan fingerprint density at radius 1 is 1.33 bits per heavy atom. The molecular formula is C14H22N4O5S. The van der Waals surface area contributed by atoms with E-state index in [-0.39, 0.29) is 0 Å². The number of unbranched alkanes of at least 4 members (excludes halogenated alkanes) is 2. The molecule has 0 bridgehead atoms. The molecule has 3 N–H and O–H groups in total. The van der Waals surface area contributed by atoms with Crippen LogP contribution >= 0.6 is 11.7 Å². The summed E-state index contributed by atoms with van der Waals surface area (Å²) >= 11 is 1.24. The molecule has 1 aromatic heterocycles. The first-order valence-corrected chi connectivity index (χ1v) is 8.40. The number of carboxylic acids is 2. The Hall–Kier alpha value is -2.04. The minimum atomic E-state index is -2.19. The average molecular weight is 358 g/mol. The van der Waals surface area contributed by atoms with Crippen molar-refractivity contribution in [3.8, 4) is 5.88 Å². The minimum absolute atomic E-state index is 0.713. The van der Waals surface area contributed by atoms with E-state index in [9.17, 15) is 0 Å². The number of ether oxygens (including phenoxy) is 1. The maximum Gasteiger partial charge on any atom is 0.254 e. The van der Waals surface area contributed by atoms with Crippen molar-refractivity contribution in [2.45, 2.75) is 26.2 Å². The Balaban J connectivity index is 0.000000413. The molecule has 0 aromatic carbocycles. The van der Waals surface area contributed by atoms with Crippen molar-refractivity contribution in [3.05, 3.63) is 11.9 Å². The van der Waals surface area contributed by atoms with E-state index < -0.39 is 11.9 Å². The number of hydrogen-bond acceptors (Lipinski definition) is 8. The van der Waals surface area contributed by atoms with Crippen molar-refractivity contribution < 1.29 is 34.8 Å². The predicted molar refractivity (Wildman–Crippen MR) is 81.5 cm³/mol. The molecule has 0 fully saturated rings. The summed E-state index contributed by atoms with van der Waals surface area (Å²) in [5, 5.41) is 20.0. The number of nitrogens with one attached hydrogen (secondary N) is 1.